The zero-order valence-electron chi connectivity index (χ0n) is 9.56. The van der Waals surface area contributed by atoms with Gasteiger partial charge >= 0.3 is 0 Å². The minimum Gasteiger partial charge on any atom is -0.365 e. The van der Waals surface area contributed by atoms with Crippen molar-refractivity contribution in [1.82, 2.24) is 9.97 Å². The Labute approximate surface area is 103 Å². The maximum Gasteiger partial charge on any atom is 0.261 e. The van der Waals surface area contributed by atoms with Gasteiger partial charge in [0, 0.05) is 28.7 Å². The van der Waals surface area contributed by atoms with Crippen molar-refractivity contribution >= 4 is 5.91 Å². The van der Waals surface area contributed by atoms with Gasteiger partial charge in [-0.2, -0.15) is 0 Å². The number of hydrogen-bond donors (Lipinski definition) is 2. The van der Waals surface area contributed by atoms with Gasteiger partial charge in [-0.3, -0.25) is 14.6 Å². The molecule has 1 aliphatic rings. The first-order valence-corrected chi connectivity index (χ1v) is 5.67. The van der Waals surface area contributed by atoms with Crippen molar-refractivity contribution in [1.29, 1.82) is 0 Å². The van der Waals surface area contributed by atoms with Crippen LogP contribution in [-0.2, 0) is 12.8 Å². The number of nitrogens with one attached hydrogen (secondary N) is 1. The molecule has 0 saturated carbocycles. The summed E-state index contributed by atoms with van der Waals surface area (Å²) in [5.41, 5.74) is 8.38. The molecular formula is C13H11N3O2. The maximum absolute atomic E-state index is 11.7. The minimum absolute atomic E-state index is 0.00884. The van der Waals surface area contributed by atoms with E-state index in [-0.39, 0.29) is 5.56 Å². The molecule has 0 radical (unpaired) electrons. The standard InChI is InChI=1S/C13H11N3O2/c14-12(17)9-6-8-7-2-1-5-15-10(7)3-4-11(8)16-13(9)18/h1-2,5-6H,3-4H2,(H2,14,17)(H,16,18). The zero-order chi connectivity index (χ0) is 12.7. The van der Waals surface area contributed by atoms with E-state index >= 15 is 0 Å². The third kappa shape index (κ3) is 1.52. The van der Waals surface area contributed by atoms with E-state index in [1.54, 1.807) is 12.3 Å². The Balaban J connectivity index is 2.30. The molecule has 0 bridgehead atoms. The van der Waals surface area contributed by atoms with Crippen molar-refractivity contribution in [3.05, 3.63) is 51.7 Å². The van der Waals surface area contributed by atoms with Crippen LogP contribution in [0.1, 0.15) is 21.7 Å². The summed E-state index contributed by atoms with van der Waals surface area (Å²) in [5, 5.41) is 0. The predicted molar refractivity (Wildman–Crippen MR) is 66.2 cm³/mol. The summed E-state index contributed by atoms with van der Waals surface area (Å²) >= 11 is 0. The Morgan fingerprint density at radius 1 is 1.33 bits per heavy atom. The number of nitrogens with two attached hydrogens (primary N) is 1. The van der Waals surface area contributed by atoms with Gasteiger partial charge < -0.3 is 10.7 Å². The number of nitrogens with zero attached hydrogens (tertiary/aromatic N) is 1. The van der Waals surface area contributed by atoms with E-state index in [1.165, 1.54) is 0 Å². The molecule has 2 heterocycles. The summed E-state index contributed by atoms with van der Waals surface area (Å²) in [6.45, 7) is 0. The minimum atomic E-state index is -0.713. The highest BCUT2D eigenvalue weighted by Gasteiger charge is 2.20. The first kappa shape index (κ1) is 10.7. The fourth-order valence-corrected chi connectivity index (χ4v) is 2.32. The normalized spacial score (nSPS) is 12.7. The monoisotopic (exact) mass is 241 g/mol. The number of amides is 1. The SMILES string of the molecule is NC(=O)c1cc2c([nH]c1=O)CCc1ncccc1-2. The second-order valence-corrected chi connectivity index (χ2v) is 4.27. The van der Waals surface area contributed by atoms with E-state index in [4.69, 9.17) is 5.73 Å². The first-order valence-electron chi connectivity index (χ1n) is 5.67. The number of primary amides is 1. The third-order valence-electron chi connectivity index (χ3n) is 3.18. The number of aromatic nitrogens is 2. The van der Waals surface area contributed by atoms with E-state index in [0.29, 0.717) is 6.42 Å². The second kappa shape index (κ2) is 3.80. The predicted octanol–water partition coefficient (Wildman–Crippen LogP) is 0.634. The fraction of sp³-hybridized carbons (Fsp3) is 0.154. The van der Waals surface area contributed by atoms with Crippen LogP contribution in [0, 0.1) is 0 Å². The number of rotatable bonds is 1. The molecule has 90 valence electrons. The lowest BCUT2D eigenvalue weighted by atomic mass is 9.91. The van der Waals surface area contributed by atoms with Gasteiger partial charge in [0.15, 0.2) is 0 Å². The van der Waals surface area contributed by atoms with E-state index < -0.39 is 11.5 Å². The van der Waals surface area contributed by atoms with E-state index in [1.807, 2.05) is 12.1 Å². The highest BCUT2D eigenvalue weighted by Crippen LogP contribution is 2.30. The summed E-state index contributed by atoms with van der Waals surface area (Å²) in [6, 6.07) is 5.34. The Hall–Kier alpha value is -2.43. The highest BCUT2D eigenvalue weighted by atomic mass is 16.2. The lowest BCUT2D eigenvalue weighted by Crippen LogP contribution is -2.26. The van der Waals surface area contributed by atoms with Crippen molar-refractivity contribution in [3.63, 3.8) is 0 Å². The zero-order valence-corrected chi connectivity index (χ0v) is 9.56. The second-order valence-electron chi connectivity index (χ2n) is 4.27. The van der Waals surface area contributed by atoms with Gasteiger partial charge in [0.25, 0.3) is 11.5 Å². The van der Waals surface area contributed by atoms with E-state index in [2.05, 4.69) is 9.97 Å². The van der Waals surface area contributed by atoms with Crippen molar-refractivity contribution in [2.45, 2.75) is 12.8 Å². The van der Waals surface area contributed by atoms with Gasteiger partial charge in [-0.1, -0.05) is 6.07 Å². The Kier molecular flexibility index (Phi) is 2.26. The first-order chi connectivity index (χ1) is 8.66. The number of H-pyrrole nitrogens is 1. The smallest absolute Gasteiger partial charge is 0.261 e. The number of carbonyl (C=O) groups excluding carboxylic acids is 1. The van der Waals surface area contributed by atoms with Crippen LogP contribution in [0.3, 0.4) is 0 Å². The third-order valence-corrected chi connectivity index (χ3v) is 3.18. The molecule has 0 atom stereocenters. The van der Waals surface area contributed by atoms with Crippen LogP contribution in [0.5, 0.6) is 0 Å². The van der Waals surface area contributed by atoms with E-state index in [0.717, 1.165) is 28.9 Å². The van der Waals surface area contributed by atoms with Crippen molar-refractivity contribution < 1.29 is 4.79 Å². The lowest BCUT2D eigenvalue weighted by molar-refractivity contribution is 0.0999. The summed E-state index contributed by atoms with van der Waals surface area (Å²) in [4.78, 5) is 29.9. The molecule has 5 nitrogen and oxygen atoms in total. The molecule has 1 aliphatic carbocycles. The van der Waals surface area contributed by atoms with Crippen LogP contribution in [-0.4, -0.2) is 15.9 Å². The van der Waals surface area contributed by atoms with Crippen LogP contribution in [0.2, 0.25) is 0 Å². The molecule has 1 amide bonds. The summed E-state index contributed by atoms with van der Waals surface area (Å²) < 4.78 is 0. The topological polar surface area (TPSA) is 88.8 Å². The number of carbonyl (C=O) groups is 1. The fourth-order valence-electron chi connectivity index (χ4n) is 2.32. The summed E-state index contributed by atoms with van der Waals surface area (Å²) in [5.74, 6) is -0.713. The molecule has 3 N–H and O–H groups in total. The molecule has 2 aromatic heterocycles. The molecule has 2 aromatic rings. The van der Waals surface area contributed by atoms with Gasteiger partial charge in [0.05, 0.1) is 0 Å². The van der Waals surface area contributed by atoms with Crippen LogP contribution in [0.15, 0.2) is 29.2 Å². The number of aromatic amines is 1. The van der Waals surface area contributed by atoms with Crippen LogP contribution >= 0.6 is 0 Å². The number of hydrogen-bond acceptors (Lipinski definition) is 3. The molecule has 0 saturated heterocycles. The van der Waals surface area contributed by atoms with Gasteiger partial charge in [0.1, 0.15) is 5.56 Å². The van der Waals surface area contributed by atoms with E-state index in [9.17, 15) is 9.59 Å². The van der Waals surface area contributed by atoms with Crippen molar-refractivity contribution in [3.8, 4) is 11.1 Å². The lowest BCUT2D eigenvalue weighted by Gasteiger charge is -2.18. The molecule has 18 heavy (non-hydrogen) atoms. The van der Waals surface area contributed by atoms with Gasteiger partial charge in [-0.05, 0) is 25.0 Å². The van der Waals surface area contributed by atoms with Gasteiger partial charge in [0.2, 0.25) is 0 Å². The quantitative estimate of drug-likeness (QED) is 0.767. The molecular weight excluding hydrogens is 230 g/mol. The average molecular weight is 241 g/mol. The Bertz CT molecular complexity index is 704. The van der Waals surface area contributed by atoms with Crippen LogP contribution in [0.4, 0.5) is 0 Å². The number of pyridine rings is 2. The molecule has 0 spiro atoms. The average Bonchev–Trinajstić information content (AvgIpc) is 2.37. The van der Waals surface area contributed by atoms with Gasteiger partial charge in [-0.15, -0.1) is 0 Å². The molecule has 0 aliphatic heterocycles. The van der Waals surface area contributed by atoms with Gasteiger partial charge in [-0.25, -0.2) is 0 Å². The number of fused-ring (bicyclic) bond motifs is 3. The summed E-state index contributed by atoms with van der Waals surface area (Å²) in [6.07, 6.45) is 3.24. The number of aryl methyl sites for hydroxylation is 2. The highest BCUT2D eigenvalue weighted by molar-refractivity contribution is 5.94. The molecule has 3 rings (SSSR count). The van der Waals surface area contributed by atoms with Crippen molar-refractivity contribution in [2.75, 3.05) is 0 Å². The molecule has 0 fully saturated rings. The Morgan fingerprint density at radius 3 is 2.94 bits per heavy atom. The summed E-state index contributed by atoms with van der Waals surface area (Å²) in [7, 11) is 0. The largest absolute Gasteiger partial charge is 0.365 e. The Morgan fingerprint density at radius 2 is 2.17 bits per heavy atom. The van der Waals surface area contributed by atoms with Crippen LogP contribution in [0.25, 0.3) is 11.1 Å². The molecule has 0 unspecified atom stereocenters. The maximum atomic E-state index is 11.7. The molecule has 0 aromatic carbocycles. The van der Waals surface area contributed by atoms with Crippen molar-refractivity contribution in [2.24, 2.45) is 5.73 Å². The van der Waals surface area contributed by atoms with Crippen LogP contribution < -0.4 is 11.3 Å². The molecule has 5 heteroatoms.